The zero-order valence-electron chi connectivity index (χ0n) is 17.6. The monoisotopic (exact) mass is 421 g/mol. The second kappa shape index (κ2) is 7.65. The summed E-state index contributed by atoms with van der Waals surface area (Å²) < 4.78 is 15.2. The average Bonchev–Trinajstić information content (AvgIpc) is 3.44. The minimum atomic E-state index is -1.01. The highest BCUT2D eigenvalue weighted by Gasteiger charge is 2.29. The van der Waals surface area contributed by atoms with Gasteiger partial charge in [0.25, 0.3) is 5.91 Å². The van der Waals surface area contributed by atoms with Gasteiger partial charge in [-0.2, -0.15) is 5.10 Å². The summed E-state index contributed by atoms with van der Waals surface area (Å²) in [5, 5.41) is 16.8. The van der Waals surface area contributed by atoms with E-state index in [-0.39, 0.29) is 17.3 Å². The molecule has 0 aliphatic heterocycles. The molecule has 2 aromatic carbocycles. The van der Waals surface area contributed by atoms with E-state index in [0.717, 1.165) is 18.4 Å². The zero-order chi connectivity index (χ0) is 22.3. The Morgan fingerprint density at radius 2 is 1.77 bits per heavy atom. The fourth-order valence-corrected chi connectivity index (χ4v) is 3.68. The van der Waals surface area contributed by atoms with Gasteiger partial charge in [-0.05, 0) is 81.5 Å². The molecule has 0 atom stereocenters. The van der Waals surface area contributed by atoms with Gasteiger partial charge in [0.1, 0.15) is 5.82 Å². The largest absolute Gasteiger partial charge is 0.478 e. The lowest BCUT2D eigenvalue weighted by molar-refractivity contribution is 0.0695. The summed E-state index contributed by atoms with van der Waals surface area (Å²) in [6, 6.07) is 10.9. The minimum Gasteiger partial charge on any atom is -0.478 e. The summed E-state index contributed by atoms with van der Waals surface area (Å²) in [5.74, 6) is -1.50. The van der Waals surface area contributed by atoms with E-state index in [1.807, 2.05) is 20.8 Å². The third kappa shape index (κ3) is 4.21. The lowest BCUT2D eigenvalue weighted by atomic mass is 10.0. The van der Waals surface area contributed by atoms with Crippen molar-refractivity contribution in [2.45, 2.75) is 45.1 Å². The molecule has 0 saturated heterocycles. The fraction of sp³-hybridized carbons (Fsp3) is 0.292. The number of halogens is 1. The van der Waals surface area contributed by atoms with Crippen molar-refractivity contribution in [3.8, 4) is 11.3 Å². The Balaban J connectivity index is 1.71. The van der Waals surface area contributed by atoms with Crippen molar-refractivity contribution in [3.63, 3.8) is 0 Å². The van der Waals surface area contributed by atoms with Crippen LogP contribution in [0, 0.1) is 5.82 Å². The Bertz CT molecular complexity index is 1160. The van der Waals surface area contributed by atoms with Crippen LogP contribution < -0.4 is 5.32 Å². The molecule has 3 aromatic rings. The maximum Gasteiger partial charge on any atom is 0.336 e. The molecule has 1 amide bonds. The normalized spacial score (nSPS) is 13.8. The van der Waals surface area contributed by atoms with Crippen molar-refractivity contribution in [1.29, 1.82) is 0 Å². The summed E-state index contributed by atoms with van der Waals surface area (Å²) in [7, 11) is 0. The summed E-state index contributed by atoms with van der Waals surface area (Å²) >= 11 is 0. The molecule has 4 rings (SSSR count). The Labute approximate surface area is 179 Å². The van der Waals surface area contributed by atoms with Gasteiger partial charge in [-0.3, -0.25) is 9.48 Å². The van der Waals surface area contributed by atoms with Crippen LogP contribution in [0.5, 0.6) is 0 Å². The molecule has 160 valence electrons. The molecule has 31 heavy (non-hydrogen) atoms. The van der Waals surface area contributed by atoms with Crippen molar-refractivity contribution >= 4 is 17.6 Å². The molecule has 1 aliphatic carbocycles. The van der Waals surface area contributed by atoms with E-state index in [9.17, 15) is 19.1 Å². The molecule has 0 radical (unpaired) electrons. The smallest absolute Gasteiger partial charge is 0.336 e. The SMILES string of the molecule is CC(C)(C)n1ncc(C(=O)Nc2ccc(C3CC3)c(C(=O)O)c2)c1-c1ccc(F)cc1. The molecular weight excluding hydrogens is 397 g/mol. The lowest BCUT2D eigenvalue weighted by Gasteiger charge is -2.23. The third-order valence-electron chi connectivity index (χ3n) is 5.33. The second-order valence-corrected chi connectivity index (χ2v) is 8.83. The van der Waals surface area contributed by atoms with Crippen LogP contribution in [0.25, 0.3) is 11.3 Å². The van der Waals surface area contributed by atoms with Crippen LogP contribution in [0.2, 0.25) is 0 Å². The van der Waals surface area contributed by atoms with E-state index in [1.165, 1.54) is 24.4 Å². The lowest BCUT2D eigenvalue weighted by Crippen LogP contribution is -2.24. The number of carboxylic acids is 1. The van der Waals surface area contributed by atoms with Gasteiger partial charge >= 0.3 is 5.97 Å². The Hall–Kier alpha value is -3.48. The first kappa shape index (κ1) is 20.8. The van der Waals surface area contributed by atoms with Gasteiger partial charge in [0.2, 0.25) is 0 Å². The van der Waals surface area contributed by atoms with Gasteiger partial charge in [-0.15, -0.1) is 0 Å². The van der Waals surface area contributed by atoms with Gasteiger partial charge in [-0.1, -0.05) is 6.07 Å². The second-order valence-electron chi connectivity index (χ2n) is 8.83. The van der Waals surface area contributed by atoms with E-state index in [2.05, 4.69) is 10.4 Å². The van der Waals surface area contributed by atoms with E-state index < -0.39 is 17.4 Å². The first-order chi connectivity index (χ1) is 14.6. The fourth-order valence-electron chi connectivity index (χ4n) is 3.68. The first-order valence-electron chi connectivity index (χ1n) is 10.2. The number of nitrogens with zero attached hydrogens (tertiary/aromatic N) is 2. The number of benzene rings is 2. The minimum absolute atomic E-state index is 0.212. The van der Waals surface area contributed by atoms with Crippen molar-refractivity contribution < 1.29 is 19.1 Å². The topological polar surface area (TPSA) is 84.2 Å². The van der Waals surface area contributed by atoms with Gasteiger partial charge in [0, 0.05) is 11.3 Å². The molecule has 1 heterocycles. The molecule has 1 saturated carbocycles. The molecule has 1 aromatic heterocycles. The summed E-state index contributed by atoms with van der Waals surface area (Å²) in [6.45, 7) is 5.89. The van der Waals surface area contributed by atoms with E-state index >= 15 is 0 Å². The zero-order valence-corrected chi connectivity index (χ0v) is 17.6. The number of hydrogen-bond acceptors (Lipinski definition) is 3. The van der Waals surface area contributed by atoms with Crippen molar-refractivity contribution in [2.75, 3.05) is 5.32 Å². The molecule has 1 aliphatic rings. The molecule has 1 fully saturated rings. The third-order valence-corrected chi connectivity index (χ3v) is 5.33. The average molecular weight is 421 g/mol. The van der Waals surface area contributed by atoms with Crippen LogP contribution in [0.4, 0.5) is 10.1 Å². The number of carbonyl (C=O) groups is 2. The van der Waals surface area contributed by atoms with Crippen molar-refractivity contribution in [2.24, 2.45) is 0 Å². The number of rotatable bonds is 5. The Morgan fingerprint density at radius 1 is 1.10 bits per heavy atom. The van der Waals surface area contributed by atoms with Gasteiger partial charge in [-0.25, -0.2) is 9.18 Å². The van der Waals surface area contributed by atoms with Gasteiger partial charge in [0.05, 0.1) is 28.6 Å². The number of carboxylic acid groups (broad SMARTS) is 1. The molecular formula is C24H24FN3O3. The molecule has 6 nitrogen and oxygen atoms in total. The number of carbonyl (C=O) groups excluding carboxylic acids is 1. The van der Waals surface area contributed by atoms with Crippen LogP contribution in [-0.2, 0) is 5.54 Å². The number of amides is 1. The Morgan fingerprint density at radius 3 is 2.35 bits per heavy atom. The van der Waals surface area contributed by atoms with E-state index in [4.69, 9.17) is 0 Å². The quantitative estimate of drug-likeness (QED) is 0.588. The first-order valence-corrected chi connectivity index (χ1v) is 10.2. The highest BCUT2D eigenvalue weighted by molar-refractivity contribution is 6.08. The highest BCUT2D eigenvalue weighted by Crippen LogP contribution is 2.42. The molecule has 0 unspecified atom stereocenters. The van der Waals surface area contributed by atoms with Gasteiger partial charge < -0.3 is 10.4 Å². The molecule has 0 bridgehead atoms. The van der Waals surface area contributed by atoms with Crippen LogP contribution in [-0.4, -0.2) is 26.8 Å². The van der Waals surface area contributed by atoms with E-state index in [1.54, 1.807) is 28.9 Å². The van der Waals surface area contributed by atoms with Crippen LogP contribution in [0.15, 0.2) is 48.7 Å². The molecule has 2 N–H and O–H groups in total. The number of anilines is 1. The molecule has 7 heteroatoms. The van der Waals surface area contributed by atoms with Crippen LogP contribution >= 0.6 is 0 Å². The van der Waals surface area contributed by atoms with E-state index in [0.29, 0.717) is 22.5 Å². The van der Waals surface area contributed by atoms with Crippen molar-refractivity contribution in [1.82, 2.24) is 9.78 Å². The predicted molar refractivity (Wildman–Crippen MR) is 116 cm³/mol. The Kier molecular flexibility index (Phi) is 5.13. The maximum absolute atomic E-state index is 13.5. The van der Waals surface area contributed by atoms with Crippen LogP contribution in [0.3, 0.4) is 0 Å². The number of aromatic carboxylic acids is 1. The number of hydrogen-bond donors (Lipinski definition) is 2. The number of nitrogens with one attached hydrogen (secondary N) is 1. The van der Waals surface area contributed by atoms with Crippen molar-refractivity contribution in [3.05, 3.63) is 71.2 Å². The highest BCUT2D eigenvalue weighted by atomic mass is 19.1. The van der Waals surface area contributed by atoms with Crippen LogP contribution in [0.1, 0.15) is 65.8 Å². The van der Waals surface area contributed by atoms with Gasteiger partial charge in [0.15, 0.2) is 0 Å². The summed E-state index contributed by atoms with van der Waals surface area (Å²) in [5.41, 5.74) is 2.56. The molecule has 0 spiro atoms. The summed E-state index contributed by atoms with van der Waals surface area (Å²) in [4.78, 5) is 24.8. The predicted octanol–water partition coefficient (Wildman–Crippen LogP) is 5.27. The number of aromatic nitrogens is 2. The maximum atomic E-state index is 13.5. The standard InChI is InChI=1S/C24H24FN3O3/c1-24(2,3)28-21(15-6-8-16(25)9-7-15)20(13-26-28)22(29)27-17-10-11-18(14-4-5-14)19(12-17)23(30)31/h6-14H,4-5H2,1-3H3,(H,27,29)(H,30,31). The summed E-state index contributed by atoms with van der Waals surface area (Å²) in [6.07, 6.45) is 3.45.